The summed E-state index contributed by atoms with van der Waals surface area (Å²) in [4.78, 5) is 10.8. The maximum atomic E-state index is 13.2. The molecule has 1 aliphatic rings. The Kier molecular flexibility index (Phi) is 3.24. The van der Waals surface area contributed by atoms with Crippen molar-refractivity contribution in [2.45, 2.75) is 30.1 Å². The van der Waals surface area contributed by atoms with E-state index in [1.165, 1.54) is 0 Å². The van der Waals surface area contributed by atoms with Crippen LogP contribution in [-0.4, -0.2) is 23.2 Å². The molecule has 0 aliphatic heterocycles. The van der Waals surface area contributed by atoms with Crippen LogP contribution >= 0.6 is 0 Å². The molecule has 1 fully saturated rings. The average Bonchev–Trinajstić information content (AvgIpc) is 2.92. The van der Waals surface area contributed by atoms with Gasteiger partial charge in [0, 0.05) is 6.42 Å². The van der Waals surface area contributed by atoms with Gasteiger partial charge in [0.15, 0.2) is 5.41 Å². The lowest BCUT2D eigenvalue weighted by Crippen LogP contribution is -2.35. The van der Waals surface area contributed by atoms with Crippen LogP contribution in [0.4, 0.5) is 35.1 Å². The molecule has 0 amide bonds. The second-order valence-corrected chi connectivity index (χ2v) is 4.89. The summed E-state index contributed by atoms with van der Waals surface area (Å²) in [6.07, 6.45) is -12.4. The zero-order valence-corrected chi connectivity index (χ0v) is 10.3. The normalized spacial score (nSPS) is 24.2. The largest absolute Gasteiger partial charge is 0.478 e. The highest BCUT2D eigenvalue weighted by atomic mass is 19.4. The fraction of sp³-hybridized carbons (Fsp3) is 0.417. The minimum Gasteiger partial charge on any atom is -0.478 e. The molecular weight excluding hydrogens is 328 g/mol. The molecule has 22 heavy (non-hydrogen) atoms. The van der Waals surface area contributed by atoms with Gasteiger partial charge >= 0.3 is 18.3 Å². The lowest BCUT2D eigenvalue weighted by Gasteiger charge is -2.22. The predicted molar refractivity (Wildman–Crippen MR) is 55.7 cm³/mol. The highest BCUT2D eigenvalue weighted by Gasteiger charge is 2.84. The van der Waals surface area contributed by atoms with Crippen molar-refractivity contribution < 1.29 is 45.0 Å². The summed E-state index contributed by atoms with van der Waals surface area (Å²) >= 11 is 0. The van der Waals surface area contributed by atoms with Gasteiger partial charge < -0.3 is 5.11 Å². The van der Waals surface area contributed by atoms with Crippen molar-refractivity contribution in [3.05, 3.63) is 34.9 Å². The second-order valence-electron chi connectivity index (χ2n) is 4.89. The van der Waals surface area contributed by atoms with Crippen molar-refractivity contribution in [3.8, 4) is 0 Å². The van der Waals surface area contributed by atoms with E-state index in [4.69, 9.17) is 5.11 Å². The fourth-order valence-corrected chi connectivity index (χ4v) is 2.23. The van der Waals surface area contributed by atoms with Gasteiger partial charge in [-0.3, -0.25) is 0 Å². The van der Waals surface area contributed by atoms with E-state index >= 15 is 0 Å². The van der Waals surface area contributed by atoms with Crippen LogP contribution in [0.5, 0.6) is 0 Å². The van der Waals surface area contributed by atoms with Gasteiger partial charge in [-0.15, -0.1) is 0 Å². The maximum Gasteiger partial charge on any atom is 0.416 e. The highest BCUT2D eigenvalue weighted by molar-refractivity contribution is 5.88. The number of hydrogen-bond donors (Lipinski definition) is 1. The van der Waals surface area contributed by atoms with Crippen molar-refractivity contribution >= 4 is 5.97 Å². The van der Waals surface area contributed by atoms with E-state index < -0.39 is 52.8 Å². The number of carboxylic acids is 1. The Morgan fingerprint density at radius 3 is 1.86 bits per heavy atom. The Balaban J connectivity index is 2.70. The fourth-order valence-electron chi connectivity index (χ4n) is 2.23. The van der Waals surface area contributed by atoms with E-state index in [1.54, 1.807) is 0 Å². The Hall–Kier alpha value is -1.87. The van der Waals surface area contributed by atoms with Crippen LogP contribution in [-0.2, 0) is 11.6 Å². The van der Waals surface area contributed by atoms with Crippen molar-refractivity contribution in [1.29, 1.82) is 0 Å². The average molecular weight is 334 g/mol. The molecule has 0 spiro atoms. The first-order valence-electron chi connectivity index (χ1n) is 5.63. The lowest BCUT2D eigenvalue weighted by atomic mass is 9.91. The Labute approximate surface area is 117 Å². The molecule has 1 N–H and O–H groups in total. The van der Waals surface area contributed by atoms with Crippen molar-refractivity contribution in [3.63, 3.8) is 0 Å². The summed E-state index contributed by atoms with van der Waals surface area (Å²) in [5.41, 5.74) is -8.06. The van der Waals surface area contributed by atoms with Gasteiger partial charge in [0.2, 0.25) is 0 Å². The molecule has 1 unspecified atom stereocenters. The minimum absolute atomic E-state index is 0.0825. The van der Waals surface area contributed by atoms with E-state index in [1.807, 2.05) is 0 Å². The summed E-state index contributed by atoms with van der Waals surface area (Å²) in [6, 6.07) is 0.212. The summed E-state index contributed by atoms with van der Waals surface area (Å²) in [5.74, 6) is -6.24. The summed E-state index contributed by atoms with van der Waals surface area (Å²) in [6.45, 7) is 0. The van der Waals surface area contributed by atoms with Gasteiger partial charge in [-0.25, -0.2) is 13.6 Å². The number of carbonyl (C=O) groups is 1. The van der Waals surface area contributed by atoms with Crippen LogP contribution in [0.2, 0.25) is 0 Å². The maximum absolute atomic E-state index is 13.2. The summed E-state index contributed by atoms with van der Waals surface area (Å²) in [5, 5.41) is 8.68. The molecule has 2 rings (SSSR count). The van der Waals surface area contributed by atoms with Crippen LogP contribution in [0.15, 0.2) is 18.2 Å². The molecule has 0 heterocycles. The van der Waals surface area contributed by atoms with Crippen molar-refractivity contribution in [2.75, 3.05) is 0 Å². The molecule has 1 saturated carbocycles. The number of rotatable bonds is 2. The number of alkyl halides is 8. The predicted octanol–water partition coefficient (Wildman–Crippen LogP) is 4.24. The molecule has 2 nitrogen and oxygen atoms in total. The second kappa shape index (κ2) is 4.32. The molecule has 10 heteroatoms. The molecule has 1 atom stereocenters. The zero-order chi connectivity index (χ0) is 17.1. The van der Waals surface area contributed by atoms with Crippen LogP contribution in [0.1, 0.15) is 27.9 Å². The monoisotopic (exact) mass is 334 g/mol. The van der Waals surface area contributed by atoms with Crippen LogP contribution in [0.25, 0.3) is 0 Å². The summed E-state index contributed by atoms with van der Waals surface area (Å²) in [7, 11) is 0. The van der Waals surface area contributed by atoms with Gasteiger partial charge in [-0.2, -0.15) is 26.3 Å². The third kappa shape index (κ3) is 2.30. The number of hydrogen-bond acceptors (Lipinski definition) is 1. The van der Waals surface area contributed by atoms with E-state index in [-0.39, 0.29) is 18.2 Å². The zero-order valence-electron chi connectivity index (χ0n) is 10.3. The molecule has 0 aromatic heterocycles. The molecule has 0 bridgehead atoms. The molecule has 0 radical (unpaired) electrons. The number of benzene rings is 1. The molecule has 1 aromatic rings. The van der Waals surface area contributed by atoms with Gasteiger partial charge in [0.1, 0.15) is 0 Å². The standard InChI is InChI=1S/C12H6F8O2/c13-10(14)4-9(10,12(18,19)20)6-1-5(8(21)22)2-7(3-6)11(15,16)17/h1-3H,4H2,(H,21,22). The van der Waals surface area contributed by atoms with Gasteiger partial charge in [0.05, 0.1) is 11.1 Å². The molecule has 122 valence electrons. The van der Waals surface area contributed by atoms with Gasteiger partial charge in [0.25, 0.3) is 5.92 Å². The quantitative estimate of drug-likeness (QED) is 0.822. The number of carboxylic acid groups (broad SMARTS) is 1. The highest BCUT2D eigenvalue weighted by Crippen LogP contribution is 2.69. The van der Waals surface area contributed by atoms with Gasteiger partial charge in [-0.1, -0.05) is 0 Å². The lowest BCUT2D eigenvalue weighted by molar-refractivity contribution is -0.182. The smallest absolute Gasteiger partial charge is 0.416 e. The van der Waals surface area contributed by atoms with Crippen molar-refractivity contribution in [2.24, 2.45) is 0 Å². The van der Waals surface area contributed by atoms with Crippen LogP contribution in [0, 0.1) is 0 Å². The number of aromatic carboxylic acids is 1. The summed E-state index contributed by atoms with van der Waals surface area (Å²) < 4.78 is 103. The van der Waals surface area contributed by atoms with E-state index in [2.05, 4.69) is 0 Å². The van der Waals surface area contributed by atoms with Crippen LogP contribution < -0.4 is 0 Å². The third-order valence-corrected chi connectivity index (χ3v) is 3.47. The van der Waals surface area contributed by atoms with Gasteiger partial charge in [-0.05, 0) is 23.8 Å². The minimum atomic E-state index is -5.52. The SMILES string of the molecule is O=C(O)c1cc(C(F)(F)F)cc(C2(C(F)(F)F)CC2(F)F)c1. The first-order valence-corrected chi connectivity index (χ1v) is 5.63. The Bertz CT molecular complexity index is 631. The van der Waals surface area contributed by atoms with Crippen molar-refractivity contribution in [1.82, 2.24) is 0 Å². The van der Waals surface area contributed by atoms with E-state index in [0.29, 0.717) is 0 Å². The number of halogens is 8. The Morgan fingerprint density at radius 1 is 1.05 bits per heavy atom. The first kappa shape index (κ1) is 16.5. The molecule has 1 aromatic carbocycles. The van der Waals surface area contributed by atoms with E-state index in [9.17, 15) is 39.9 Å². The molecular formula is C12H6F8O2. The molecule has 0 saturated heterocycles. The first-order chi connectivity index (χ1) is 9.72. The topological polar surface area (TPSA) is 37.3 Å². The van der Waals surface area contributed by atoms with E-state index in [0.717, 1.165) is 0 Å². The van der Waals surface area contributed by atoms with Crippen LogP contribution in [0.3, 0.4) is 0 Å². The third-order valence-electron chi connectivity index (χ3n) is 3.47. The molecule has 1 aliphatic carbocycles. The Morgan fingerprint density at radius 2 is 1.55 bits per heavy atom.